The first-order valence-corrected chi connectivity index (χ1v) is 7.90. The molecule has 1 fully saturated rings. The highest BCUT2D eigenvalue weighted by atomic mass is 35.5. The third-order valence-corrected chi connectivity index (χ3v) is 4.39. The first-order chi connectivity index (χ1) is 10.6. The minimum absolute atomic E-state index is 0. The molecule has 1 saturated heterocycles. The Morgan fingerprint density at radius 3 is 2.87 bits per heavy atom. The largest absolute Gasteiger partial charge is 0.391 e. The number of rotatable bonds is 5. The van der Waals surface area contributed by atoms with E-state index in [9.17, 15) is 5.11 Å². The Morgan fingerprint density at radius 2 is 2.17 bits per heavy atom. The van der Waals surface area contributed by atoms with Crippen LogP contribution in [0.5, 0.6) is 0 Å². The summed E-state index contributed by atoms with van der Waals surface area (Å²) in [6.07, 6.45) is 1.75. The van der Waals surface area contributed by atoms with Gasteiger partial charge in [-0.2, -0.15) is 5.10 Å². The van der Waals surface area contributed by atoms with Crippen molar-refractivity contribution in [3.8, 4) is 11.3 Å². The van der Waals surface area contributed by atoms with Gasteiger partial charge in [0, 0.05) is 56.5 Å². The quantitative estimate of drug-likeness (QED) is 0.764. The third kappa shape index (κ3) is 4.25. The van der Waals surface area contributed by atoms with Crippen molar-refractivity contribution in [2.45, 2.75) is 12.6 Å². The molecule has 2 unspecified atom stereocenters. The molecule has 3 rings (SSSR count). The van der Waals surface area contributed by atoms with Gasteiger partial charge >= 0.3 is 0 Å². The molecule has 5 nitrogen and oxygen atoms in total. The summed E-state index contributed by atoms with van der Waals surface area (Å²) in [5.41, 5.74) is 2.96. The summed E-state index contributed by atoms with van der Waals surface area (Å²) in [7, 11) is 1.91. The molecule has 2 atom stereocenters. The first kappa shape index (κ1) is 18.2. The van der Waals surface area contributed by atoms with Gasteiger partial charge in [0.15, 0.2) is 0 Å². The minimum Gasteiger partial charge on any atom is -0.391 e. The number of aromatic nitrogens is 2. The van der Waals surface area contributed by atoms with Crippen molar-refractivity contribution in [1.29, 1.82) is 0 Å². The number of aryl methyl sites for hydroxylation is 1. The number of benzene rings is 1. The zero-order valence-corrected chi connectivity index (χ0v) is 14.6. The average molecular weight is 357 g/mol. The van der Waals surface area contributed by atoms with Crippen LogP contribution < -0.4 is 10.6 Å². The second-order valence-corrected chi connectivity index (χ2v) is 6.18. The van der Waals surface area contributed by atoms with Crippen molar-refractivity contribution in [3.63, 3.8) is 0 Å². The van der Waals surface area contributed by atoms with Crippen molar-refractivity contribution in [2.75, 3.05) is 19.6 Å². The van der Waals surface area contributed by atoms with Gasteiger partial charge in [0.05, 0.1) is 16.8 Å². The average Bonchev–Trinajstić information content (AvgIpc) is 3.06. The van der Waals surface area contributed by atoms with Crippen LogP contribution in [0.1, 0.15) is 5.56 Å². The number of β-amino-alcohol motifs (C(OH)–C–C–N with tert-alkyl or cyclic N) is 1. The highest BCUT2D eigenvalue weighted by Gasteiger charge is 2.24. The monoisotopic (exact) mass is 356 g/mol. The van der Waals surface area contributed by atoms with Crippen LogP contribution in [-0.2, 0) is 13.6 Å². The lowest BCUT2D eigenvalue weighted by Crippen LogP contribution is -2.30. The predicted octanol–water partition coefficient (Wildman–Crippen LogP) is 1.83. The maximum atomic E-state index is 9.82. The van der Waals surface area contributed by atoms with E-state index in [1.165, 1.54) is 0 Å². The summed E-state index contributed by atoms with van der Waals surface area (Å²) in [6.45, 7) is 3.03. The fraction of sp³-hybridized carbons (Fsp3) is 0.438. The number of nitrogens with one attached hydrogen (secondary N) is 2. The summed E-state index contributed by atoms with van der Waals surface area (Å²) in [5, 5.41) is 21.7. The third-order valence-electron chi connectivity index (χ3n) is 4.06. The van der Waals surface area contributed by atoms with Crippen molar-refractivity contribution in [2.24, 2.45) is 13.0 Å². The molecule has 7 heteroatoms. The Bertz CT molecular complexity index is 647. The van der Waals surface area contributed by atoms with E-state index in [1.807, 2.05) is 42.2 Å². The molecule has 0 spiro atoms. The van der Waals surface area contributed by atoms with Crippen molar-refractivity contribution < 1.29 is 5.11 Å². The molecule has 0 amide bonds. The maximum absolute atomic E-state index is 9.82. The molecule has 0 aliphatic carbocycles. The van der Waals surface area contributed by atoms with E-state index in [0.717, 1.165) is 29.9 Å². The molecule has 0 radical (unpaired) electrons. The highest BCUT2D eigenvalue weighted by molar-refractivity contribution is 6.33. The van der Waals surface area contributed by atoms with Gasteiger partial charge in [0.25, 0.3) is 0 Å². The van der Waals surface area contributed by atoms with Crippen LogP contribution >= 0.6 is 24.0 Å². The van der Waals surface area contributed by atoms with Crippen LogP contribution in [0, 0.1) is 5.92 Å². The molecule has 3 N–H and O–H groups in total. The number of halogens is 2. The second kappa shape index (κ2) is 8.13. The fourth-order valence-corrected chi connectivity index (χ4v) is 3.09. The van der Waals surface area contributed by atoms with E-state index in [2.05, 4.69) is 15.7 Å². The number of aliphatic hydroxyl groups is 1. The minimum atomic E-state index is -0.260. The molecule has 1 aromatic heterocycles. The summed E-state index contributed by atoms with van der Waals surface area (Å²) >= 11 is 6.29. The summed E-state index contributed by atoms with van der Waals surface area (Å²) < 4.78 is 1.81. The standard InChI is InChI=1S/C16H21ClN4O.ClH/c1-21-10-12(8-18-6-11-7-19-9-15(11)22)16(20-21)13-4-2-3-5-14(13)17;/h2-5,10-11,15,18-19,22H,6-9H2,1H3;1H. The van der Waals surface area contributed by atoms with Gasteiger partial charge in [0.1, 0.15) is 0 Å². The van der Waals surface area contributed by atoms with Crippen LogP contribution in [0.25, 0.3) is 11.3 Å². The Kier molecular flexibility index (Phi) is 6.44. The van der Waals surface area contributed by atoms with E-state index >= 15 is 0 Å². The Hall–Kier alpha value is -1.11. The van der Waals surface area contributed by atoms with Crippen molar-refractivity contribution in [3.05, 3.63) is 41.0 Å². The zero-order valence-electron chi connectivity index (χ0n) is 13.0. The van der Waals surface area contributed by atoms with Gasteiger partial charge < -0.3 is 15.7 Å². The van der Waals surface area contributed by atoms with Gasteiger partial charge in [-0.1, -0.05) is 29.8 Å². The van der Waals surface area contributed by atoms with Crippen LogP contribution in [0.15, 0.2) is 30.5 Å². The number of nitrogens with zero attached hydrogens (tertiary/aromatic N) is 2. The van der Waals surface area contributed by atoms with Crippen LogP contribution in [-0.4, -0.2) is 40.6 Å². The smallest absolute Gasteiger partial charge is 0.0982 e. The highest BCUT2D eigenvalue weighted by Crippen LogP contribution is 2.28. The Balaban J connectivity index is 0.00000192. The Labute approximate surface area is 147 Å². The number of hydrogen-bond donors (Lipinski definition) is 3. The van der Waals surface area contributed by atoms with Gasteiger partial charge in [-0.3, -0.25) is 4.68 Å². The number of aliphatic hydroxyl groups excluding tert-OH is 1. The lowest BCUT2D eigenvalue weighted by atomic mass is 10.1. The molecule has 1 aliphatic rings. The van der Waals surface area contributed by atoms with Gasteiger partial charge in [0.2, 0.25) is 0 Å². The fourth-order valence-electron chi connectivity index (χ4n) is 2.87. The Morgan fingerprint density at radius 1 is 1.39 bits per heavy atom. The normalized spacial score (nSPS) is 20.5. The molecule has 2 aromatic rings. The molecule has 1 aromatic carbocycles. The zero-order chi connectivity index (χ0) is 15.5. The predicted molar refractivity (Wildman–Crippen MR) is 95.0 cm³/mol. The van der Waals surface area contributed by atoms with Gasteiger partial charge in [-0.05, 0) is 6.07 Å². The topological polar surface area (TPSA) is 62.1 Å². The maximum Gasteiger partial charge on any atom is 0.0982 e. The second-order valence-electron chi connectivity index (χ2n) is 5.77. The molecule has 126 valence electrons. The molecule has 1 aliphatic heterocycles. The van der Waals surface area contributed by atoms with Crippen LogP contribution in [0.3, 0.4) is 0 Å². The SMILES string of the molecule is Cl.Cn1cc(CNCC2CNCC2O)c(-c2ccccc2Cl)n1. The van der Waals surface area contributed by atoms with E-state index in [1.54, 1.807) is 0 Å². The summed E-state index contributed by atoms with van der Waals surface area (Å²) in [6, 6.07) is 7.75. The molecular weight excluding hydrogens is 335 g/mol. The van der Waals surface area contributed by atoms with E-state index in [4.69, 9.17) is 11.6 Å². The van der Waals surface area contributed by atoms with Gasteiger partial charge in [-0.15, -0.1) is 12.4 Å². The lowest BCUT2D eigenvalue weighted by molar-refractivity contribution is 0.146. The van der Waals surface area contributed by atoms with E-state index in [0.29, 0.717) is 18.1 Å². The molecule has 0 saturated carbocycles. The van der Waals surface area contributed by atoms with E-state index in [-0.39, 0.29) is 24.4 Å². The molecular formula is C16H22Cl2N4O. The van der Waals surface area contributed by atoms with Crippen molar-refractivity contribution >= 4 is 24.0 Å². The van der Waals surface area contributed by atoms with Gasteiger partial charge in [-0.25, -0.2) is 0 Å². The molecule has 0 bridgehead atoms. The summed E-state index contributed by atoms with van der Waals surface area (Å²) in [4.78, 5) is 0. The van der Waals surface area contributed by atoms with Crippen LogP contribution in [0.2, 0.25) is 5.02 Å². The van der Waals surface area contributed by atoms with Crippen molar-refractivity contribution in [1.82, 2.24) is 20.4 Å². The van der Waals surface area contributed by atoms with E-state index < -0.39 is 0 Å². The van der Waals surface area contributed by atoms with Crippen LogP contribution in [0.4, 0.5) is 0 Å². The lowest BCUT2D eigenvalue weighted by Gasteiger charge is -2.14. The number of hydrogen-bond acceptors (Lipinski definition) is 4. The molecule has 2 heterocycles. The first-order valence-electron chi connectivity index (χ1n) is 7.52. The summed E-state index contributed by atoms with van der Waals surface area (Å²) in [5.74, 6) is 0.264. The molecule has 23 heavy (non-hydrogen) atoms.